The quantitative estimate of drug-likeness (QED) is 0.856. The Balaban J connectivity index is 1.36. The van der Waals surface area contributed by atoms with Crippen LogP contribution in [-0.4, -0.2) is 36.5 Å². The Morgan fingerprint density at radius 3 is 2.58 bits per heavy atom. The Hall–Kier alpha value is -2.11. The molecule has 128 valence electrons. The van der Waals surface area contributed by atoms with E-state index in [9.17, 15) is 4.79 Å². The number of likely N-dealkylation sites (tertiary alicyclic amines) is 1. The molecule has 0 radical (unpaired) electrons. The number of carbonyl (C=O) groups is 1. The highest BCUT2D eigenvalue weighted by Crippen LogP contribution is 2.13. The molecule has 5 nitrogen and oxygen atoms in total. The number of nitrogens with zero attached hydrogens (tertiary/aromatic N) is 1. The monoisotopic (exact) mass is 327 g/mol. The van der Waals surface area contributed by atoms with E-state index in [0.29, 0.717) is 12.6 Å². The molecule has 1 aromatic heterocycles. The largest absolute Gasteiger partial charge is 0.465 e. The van der Waals surface area contributed by atoms with E-state index < -0.39 is 0 Å². The predicted octanol–water partition coefficient (Wildman–Crippen LogP) is 2.78. The van der Waals surface area contributed by atoms with Gasteiger partial charge in [0.05, 0.1) is 13.1 Å². The molecule has 1 aromatic carbocycles. The summed E-state index contributed by atoms with van der Waals surface area (Å²) < 4.78 is 5.58. The first kappa shape index (κ1) is 16.7. The summed E-state index contributed by atoms with van der Waals surface area (Å²) in [6.45, 7) is 5.07. The summed E-state index contributed by atoms with van der Waals surface area (Å²) >= 11 is 0. The summed E-state index contributed by atoms with van der Waals surface area (Å²) in [5.74, 6) is 1.99. The van der Waals surface area contributed by atoms with Gasteiger partial charge in [0.1, 0.15) is 11.5 Å². The van der Waals surface area contributed by atoms with Crippen LogP contribution >= 0.6 is 0 Å². The van der Waals surface area contributed by atoms with Gasteiger partial charge in [-0.25, -0.2) is 0 Å². The summed E-state index contributed by atoms with van der Waals surface area (Å²) in [4.78, 5) is 14.3. The molecule has 0 spiro atoms. The van der Waals surface area contributed by atoms with Crippen LogP contribution in [0.3, 0.4) is 0 Å². The van der Waals surface area contributed by atoms with E-state index in [0.717, 1.165) is 49.7 Å². The minimum atomic E-state index is 0.0543. The molecule has 0 atom stereocenters. The topological polar surface area (TPSA) is 57.5 Å². The predicted molar refractivity (Wildman–Crippen MR) is 94.8 cm³/mol. The standard InChI is InChI=1S/C19H25N3O2/c1-15-7-8-18(24-15)13-20-16-9-11-22(12-10-16)14-19(23)21-17-5-3-2-4-6-17/h2-8,16,20H,9-14H2,1H3,(H,21,23). The second-order valence-corrected chi connectivity index (χ2v) is 6.36. The van der Waals surface area contributed by atoms with Crippen LogP contribution in [0.1, 0.15) is 24.4 Å². The highest BCUT2D eigenvalue weighted by Gasteiger charge is 2.20. The van der Waals surface area contributed by atoms with Crippen molar-refractivity contribution >= 4 is 11.6 Å². The van der Waals surface area contributed by atoms with Gasteiger partial charge in [0.15, 0.2) is 0 Å². The first-order valence-electron chi connectivity index (χ1n) is 8.55. The van der Waals surface area contributed by atoms with Gasteiger partial charge in [-0.05, 0) is 44.0 Å². The van der Waals surface area contributed by atoms with Crippen LogP contribution in [0.4, 0.5) is 5.69 Å². The molecular weight excluding hydrogens is 302 g/mol. The Morgan fingerprint density at radius 1 is 1.17 bits per heavy atom. The molecule has 1 saturated heterocycles. The summed E-state index contributed by atoms with van der Waals surface area (Å²) in [7, 11) is 0. The molecule has 0 aliphatic carbocycles. The van der Waals surface area contributed by atoms with Crippen LogP contribution < -0.4 is 10.6 Å². The van der Waals surface area contributed by atoms with E-state index in [1.54, 1.807) is 0 Å². The van der Waals surface area contributed by atoms with Gasteiger partial charge in [-0.15, -0.1) is 0 Å². The fraction of sp³-hybridized carbons (Fsp3) is 0.421. The number of aryl methyl sites for hydroxylation is 1. The van der Waals surface area contributed by atoms with Crippen LogP contribution in [-0.2, 0) is 11.3 Å². The van der Waals surface area contributed by atoms with Gasteiger partial charge >= 0.3 is 0 Å². The van der Waals surface area contributed by atoms with Gasteiger partial charge in [-0.2, -0.15) is 0 Å². The lowest BCUT2D eigenvalue weighted by Gasteiger charge is -2.31. The van der Waals surface area contributed by atoms with Crippen LogP contribution in [0, 0.1) is 6.92 Å². The fourth-order valence-electron chi connectivity index (χ4n) is 3.05. The normalized spacial score (nSPS) is 16.2. The number of carbonyl (C=O) groups excluding carboxylic acids is 1. The summed E-state index contributed by atoms with van der Waals surface area (Å²) in [6.07, 6.45) is 2.11. The number of nitrogens with one attached hydrogen (secondary N) is 2. The van der Waals surface area contributed by atoms with Gasteiger partial charge < -0.3 is 15.1 Å². The van der Waals surface area contributed by atoms with E-state index in [-0.39, 0.29) is 5.91 Å². The number of amides is 1. The third-order valence-electron chi connectivity index (χ3n) is 4.37. The Bertz CT molecular complexity index is 646. The third-order valence-corrected chi connectivity index (χ3v) is 4.37. The summed E-state index contributed by atoms with van der Waals surface area (Å²) in [5.41, 5.74) is 0.854. The van der Waals surface area contributed by atoms with E-state index in [2.05, 4.69) is 15.5 Å². The molecule has 3 rings (SSSR count). The van der Waals surface area contributed by atoms with Crippen molar-refractivity contribution in [2.24, 2.45) is 0 Å². The maximum atomic E-state index is 12.1. The maximum absolute atomic E-state index is 12.1. The molecule has 0 bridgehead atoms. The van der Waals surface area contributed by atoms with Crippen molar-refractivity contribution in [3.63, 3.8) is 0 Å². The maximum Gasteiger partial charge on any atom is 0.238 e. The van der Waals surface area contributed by atoms with Crippen molar-refractivity contribution < 1.29 is 9.21 Å². The van der Waals surface area contributed by atoms with Crippen molar-refractivity contribution in [2.75, 3.05) is 25.0 Å². The molecule has 2 heterocycles. The zero-order valence-electron chi connectivity index (χ0n) is 14.1. The minimum absolute atomic E-state index is 0.0543. The van der Waals surface area contributed by atoms with E-state index in [4.69, 9.17) is 4.42 Å². The molecule has 2 N–H and O–H groups in total. The number of piperidine rings is 1. The van der Waals surface area contributed by atoms with Gasteiger partial charge in [0.25, 0.3) is 0 Å². The minimum Gasteiger partial charge on any atom is -0.465 e. The summed E-state index contributed by atoms with van der Waals surface area (Å²) in [6, 6.07) is 14.1. The number of hydrogen-bond acceptors (Lipinski definition) is 4. The molecule has 24 heavy (non-hydrogen) atoms. The SMILES string of the molecule is Cc1ccc(CNC2CCN(CC(=O)Nc3ccccc3)CC2)o1. The van der Waals surface area contributed by atoms with E-state index >= 15 is 0 Å². The lowest BCUT2D eigenvalue weighted by atomic mass is 10.0. The molecule has 1 fully saturated rings. The highest BCUT2D eigenvalue weighted by atomic mass is 16.3. The molecular formula is C19H25N3O2. The van der Waals surface area contributed by atoms with Crippen LogP contribution in [0.5, 0.6) is 0 Å². The Labute approximate surface area is 143 Å². The zero-order valence-corrected chi connectivity index (χ0v) is 14.1. The van der Waals surface area contributed by atoms with Crippen LogP contribution in [0.2, 0.25) is 0 Å². The number of furan rings is 1. The number of anilines is 1. The van der Waals surface area contributed by atoms with Gasteiger partial charge in [0, 0.05) is 24.8 Å². The average Bonchev–Trinajstić information content (AvgIpc) is 3.00. The molecule has 2 aromatic rings. The number of benzene rings is 1. The average molecular weight is 327 g/mol. The Morgan fingerprint density at radius 2 is 1.92 bits per heavy atom. The molecule has 5 heteroatoms. The number of rotatable bonds is 6. The Kier molecular flexibility index (Phi) is 5.67. The first-order chi connectivity index (χ1) is 11.7. The van der Waals surface area contributed by atoms with Crippen molar-refractivity contribution in [3.05, 3.63) is 54.0 Å². The molecule has 0 unspecified atom stereocenters. The van der Waals surface area contributed by atoms with Crippen molar-refractivity contribution in [1.29, 1.82) is 0 Å². The van der Waals surface area contributed by atoms with Crippen molar-refractivity contribution in [1.82, 2.24) is 10.2 Å². The second-order valence-electron chi connectivity index (χ2n) is 6.36. The highest BCUT2D eigenvalue weighted by molar-refractivity contribution is 5.92. The fourth-order valence-corrected chi connectivity index (χ4v) is 3.05. The molecule has 1 aliphatic rings. The van der Waals surface area contributed by atoms with Gasteiger partial charge in [0.2, 0.25) is 5.91 Å². The van der Waals surface area contributed by atoms with Crippen molar-refractivity contribution in [3.8, 4) is 0 Å². The lowest BCUT2D eigenvalue weighted by molar-refractivity contribution is -0.117. The van der Waals surface area contributed by atoms with Crippen LogP contribution in [0.15, 0.2) is 46.9 Å². The number of para-hydroxylation sites is 1. The molecule has 1 aliphatic heterocycles. The third kappa shape index (κ3) is 4.94. The van der Waals surface area contributed by atoms with Gasteiger partial charge in [-0.1, -0.05) is 18.2 Å². The first-order valence-corrected chi connectivity index (χ1v) is 8.55. The second kappa shape index (κ2) is 8.13. The number of hydrogen-bond donors (Lipinski definition) is 2. The summed E-state index contributed by atoms with van der Waals surface area (Å²) in [5, 5.41) is 6.48. The smallest absolute Gasteiger partial charge is 0.238 e. The van der Waals surface area contributed by atoms with Gasteiger partial charge in [-0.3, -0.25) is 9.69 Å². The lowest BCUT2D eigenvalue weighted by Crippen LogP contribution is -2.44. The van der Waals surface area contributed by atoms with E-state index in [1.165, 1.54) is 0 Å². The van der Waals surface area contributed by atoms with E-state index in [1.807, 2.05) is 49.4 Å². The van der Waals surface area contributed by atoms with Crippen LogP contribution in [0.25, 0.3) is 0 Å². The molecule has 1 amide bonds. The zero-order chi connectivity index (χ0) is 16.8. The van der Waals surface area contributed by atoms with Crippen molar-refractivity contribution in [2.45, 2.75) is 32.4 Å². The molecule has 0 saturated carbocycles.